The molecule has 1 aromatic rings. The molecule has 1 unspecified atom stereocenters. The second kappa shape index (κ2) is 7.61. The molecule has 1 amide bonds. The molecule has 0 fully saturated rings. The van der Waals surface area contributed by atoms with Crippen LogP contribution >= 0.6 is 23.2 Å². The largest absolute Gasteiger partial charge is 0.373 e. The van der Waals surface area contributed by atoms with Gasteiger partial charge in [-0.25, -0.2) is 0 Å². The molecule has 0 radical (unpaired) electrons. The van der Waals surface area contributed by atoms with Gasteiger partial charge in [-0.2, -0.15) is 0 Å². The number of carbonyl (C=O) groups is 1. The van der Waals surface area contributed by atoms with Gasteiger partial charge in [-0.1, -0.05) is 37.0 Å². The Kier molecular flexibility index (Phi) is 6.46. The second-order valence-electron chi connectivity index (χ2n) is 4.51. The van der Waals surface area contributed by atoms with Gasteiger partial charge in [0.15, 0.2) is 0 Å². The van der Waals surface area contributed by atoms with Crippen molar-refractivity contribution in [3.63, 3.8) is 0 Å². The van der Waals surface area contributed by atoms with E-state index in [1.165, 1.54) is 0 Å². The Morgan fingerprint density at radius 3 is 2.47 bits per heavy atom. The molecule has 5 heteroatoms. The lowest BCUT2D eigenvalue weighted by Gasteiger charge is -2.20. The van der Waals surface area contributed by atoms with Crippen LogP contribution in [0.2, 0.25) is 10.0 Å². The van der Waals surface area contributed by atoms with Crippen LogP contribution < -0.4 is 10.6 Å². The van der Waals surface area contributed by atoms with Gasteiger partial charge in [0.25, 0.3) is 0 Å². The molecule has 1 aromatic carbocycles. The molecule has 1 atom stereocenters. The third kappa shape index (κ3) is 4.92. The Labute approximate surface area is 124 Å². The van der Waals surface area contributed by atoms with Crippen LogP contribution in [-0.4, -0.2) is 18.0 Å². The van der Waals surface area contributed by atoms with Crippen LogP contribution in [0.15, 0.2) is 18.2 Å². The average Bonchev–Trinajstić information content (AvgIpc) is 2.39. The van der Waals surface area contributed by atoms with Gasteiger partial charge in [0.05, 0.1) is 10.7 Å². The van der Waals surface area contributed by atoms with Crippen LogP contribution in [0, 0.1) is 0 Å². The molecule has 0 aromatic heterocycles. The first kappa shape index (κ1) is 16.1. The smallest absolute Gasteiger partial charge is 0.242 e. The van der Waals surface area contributed by atoms with E-state index in [2.05, 4.69) is 24.5 Å². The molecule has 0 aliphatic rings. The SMILES string of the molecule is CCC(CC)NC(=O)C(C)Nc1cc(Cl)ccc1Cl. The van der Waals surface area contributed by atoms with Crippen molar-refractivity contribution in [3.05, 3.63) is 28.2 Å². The minimum absolute atomic E-state index is 0.0373. The number of amides is 1. The zero-order valence-corrected chi connectivity index (χ0v) is 13.0. The van der Waals surface area contributed by atoms with E-state index < -0.39 is 0 Å². The molecular weight excluding hydrogens is 283 g/mol. The van der Waals surface area contributed by atoms with Crippen molar-refractivity contribution in [1.29, 1.82) is 0 Å². The topological polar surface area (TPSA) is 41.1 Å². The summed E-state index contributed by atoms with van der Waals surface area (Å²) in [6.45, 7) is 5.91. The first-order chi connectivity index (χ1) is 8.97. The van der Waals surface area contributed by atoms with E-state index in [1.807, 2.05) is 0 Å². The fourth-order valence-electron chi connectivity index (χ4n) is 1.73. The Hall–Kier alpha value is -0.930. The minimum atomic E-state index is -0.364. The van der Waals surface area contributed by atoms with Crippen molar-refractivity contribution in [2.45, 2.75) is 45.7 Å². The van der Waals surface area contributed by atoms with Crippen molar-refractivity contribution in [3.8, 4) is 0 Å². The number of halogens is 2. The Morgan fingerprint density at radius 2 is 1.89 bits per heavy atom. The highest BCUT2D eigenvalue weighted by Crippen LogP contribution is 2.25. The van der Waals surface area contributed by atoms with Crippen LogP contribution in [0.5, 0.6) is 0 Å². The Balaban J connectivity index is 2.65. The van der Waals surface area contributed by atoms with Crippen LogP contribution in [0.1, 0.15) is 33.6 Å². The summed E-state index contributed by atoms with van der Waals surface area (Å²) >= 11 is 12.0. The van der Waals surface area contributed by atoms with Crippen molar-refractivity contribution in [2.75, 3.05) is 5.32 Å². The molecule has 0 spiro atoms. The van der Waals surface area contributed by atoms with Crippen molar-refractivity contribution in [2.24, 2.45) is 0 Å². The molecular formula is C14H20Cl2N2O. The van der Waals surface area contributed by atoms with Gasteiger partial charge in [0.2, 0.25) is 5.91 Å². The van der Waals surface area contributed by atoms with E-state index in [9.17, 15) is 4.79 Å². The van der Waals surface area contributed by atoms with Crippen molar-refractivity contribution < 1.29 is 4.79 Å². The summed E-state index contributed by atoms with van der Waals surface area (Å²) < 4.78 is 0. The number of rotatable bonds is 6. The number of benzene rings is 1. The molecule has 19 heavy (non-hydrogen) atoms. The number of anilines is 1. The van der Waals surface area contributed by atoms with E-state index in [0.717, 1.165) is 12.8 Å². The average molecular weight is 303 g/mol. The molecule has 0 heterocycles. The lowest BCUT2D eigenvalue weighted by molar-refractivity contribution is -0.122. The summed E-state index contributed by atoms with van der Waals surface area (Å²) in [5.74, 6) is -0.0373. The lowest BCUT2D eigenvalue weighted by Crippen LogP contribution is -2.42. The third-order valence-corrected chi connectivity index (χ3v) is 3.59. The van der Waals surface area contributed by atoms with Crippen molar-refractivity contribution in [1.82, 2.24) is 5.32 Å². The lowest BCUT2D eigenvalue weighted by atomic mass is 10.1. The number of nitrogens with one attached hydrogen (secondary N) is 2. The number of hydrogen-bond donors (Lipinski definition) is 2. The molecule has 0 aliphatic carbocycles. The van der Waals surface area contributed by atoms with Gasteiger partial charge in [-0.05, 0) is 38.0 Å². The predicted molar refractivity (Wildman–Crippen MR) is 82.1 cm³/mol. The van der Waals surface area contributed by atoms with Gasteiger partial charge in [-0.15, -0.1) is 0 Å². The van der Waals surface area contributed by atoms with E-state index in [0.29, 0.717) is 15.7 Å². The van der Waals surface area contributed by atoms with E-state index in [-0.39, 0.29) is 18.0 Å². The normalized spacial score (nSPS) is 12.3. The van der Waals surface area contributed by atoms with Crippen LogP contribution in [0.3, 0.4) is 0 Å². The number of hydrogen-bond acceptors (Lipinski definition) is 2. The molecule has 0 saturated heterocycles. The minimum Gasteiger partial charge on any atom is -0.373 e. The first-order valence-electron chi connectivity index (χ1n) is 6.49. The molecule has 106 valence electrons. The van der Waals surface area contributed by atoms with E-state index >= 15 is 0 Å². The highest BCUT2D eigenvalue weighted by atomic mass is 35.5. The highest BCUT2D eigenvalue weighted by Gasteiger charge is 2.16. The van der Waals surface area contributed by atoms with Gasteiger partial charge in [-0.3, -0.25) is 4.79 Å². The van der Waals surface area contributed by atoms with Gasteiger partial charge in [0, 0.05) is 11.1 Å². The molecule has 1 rings (SSSR count). The van der Waals surface area contributed by atoms with E-state index in [1.54, 1.807) is 25.1 Å². The third-order valence-electron chi connectivity index (χ3n) is 3.03. The maximum Gasteiger partial charge on any atom is 0.242 e. The van der Waals surface area contributed by atoms with Crippen LogP contribution in [-0.2, 0) is 4.79 Å². The van der Waals surface area contributed by atoms with Gasteiger partial charge < -0.3 is 10.6 Å². The summed E-state index contributed by atoms with van der Waals surface area (Å²) in [7, 11) is 0. The quantitative estimate of drug-likeness (QED) is 0.830. The summed E-state index contributed by atoms with van der Waals surface area (Å²) in [5, 5.41) is 7.20. The molecule has 2 N–H and O–H groups in total. The Bertz CT molecular complexity index is 433. The van der Waals surface area contributed by atoms with Crippen LogP contribution in [0.4, 0.5) is 5.69 Å². The maximum atomic E-state index is 12.0. The fraction of sp³-hybridized carbons (Fsp3) is 0.500. The van der Waals surface area contributed by atoms with Crippen molar-refractivity contribution >= 4 is 34.8 Å². The maximum absolute atomic E-state index is 12.0. The zero-order valence-electron chi connectivity index (χ0n) is 11.5. The first-order valence-corrected chi connectivity index (χ1v) is 7.25. The monoisotopic (exact) mass is 302 g/mol. The predicted octanol–water partition coefficient (Wildman–Crippen LogP) is 4.10. The highest BCUT2D eigenvalue weighted by molar-refractivity contribution is 6.35. The van der Waals surface area contributed by atoms with Gasteiger partial charge in [0.1, 0.15) is 6.04 Å². The second-order valence-corrected chi connectivity index (χ2v) is 5.36. The standard InChI is InChI=1S/C14H20Cl2N2O/c1-4-11(5-2)18-14(19)9(3)17-13-8-10(15)6-7-12(13)16/h6-9,11,17H,4-5H2,1-3H3,(H,18,19). The summed E-state index contributed by atoms with van der Waals surface area (Å²) in [4.78, 5) is 12.0. The zero-order chi connectivity index (χ0) is 14.4. The molecule has 0 saturated carbocycles. The number of carbonyl (C=O) groups excluding carboxylic acids is 1. The summed E-state index contributed by atoms with van der Waals surface area (Å²) in [6, 6.07) is 4.98. The fourth-order valence-corrected chi connectivity index (χ4v) is 2.07. The molecule has 0 aliphatic heterocycles. The summed E-state index contributed by atoms with van der Waals surface area (Å²) in [6.07, 6.45) is 1.85. The summed E-state index contributed by atoms with van der Waals surface area (Å²) in [5.41, 5.74) is 0.668. The molecule has 3 nitrogen and oxygen atoms in total. The van der Waals surface area contributed by atoms with Crippen LogP contribution in [0.25, 0.3) is 0 Å². The van der Waals surface area contributed by atoms with E-state index in [4.69, 9.17) is 23.2 Å². The Morgan fingerprint density at radius 1 is 1.26 bits per heavy atom. The van der Waals surface area contributed by atoms with Gasteiger partial charge >= 0.3 is 0 Å². The molecule has 0 bridgehead atoms.